The summed E-state index contributed by atoms with van der Waals surface area (Å²) in [6.07, 6.45) is 0. The van der Waals surface area contributed by atoms with Gasteiger partial charge in [0.05, 0.1) is 10.0 Å². The molecule has 2 aromatic rings. The quantitative estimate of drug-likeness (QED) is 0.838. The molecule has 1 aromatic carbocycles. The van der Waals surface area contributed by atoms with Crippen LogP contribution in [0.3, 0.4) is 0 Å². The molecule has 0 saturated heterocycles. The minimum atomic E-state index is -0.247. The number of aromatic amines is 1. The highest BCUT2D eigenvalue weighted by Gasteiger charge is 2.16. The molecule has 0 aliphatic carbocycles. The number of rotatable bonds is 3. The van der Waals surface area contributed by atoms with E-state index in [0.29, 0.717) is 21.8 Å². The number of nitrogens with one attached hydrogen (secondary N) is 1. The Hall–Kier alpha value is -1.72. The lowest BCUT2D eigenvalue weighted by Gasteiger charge is -2.13. The Balaban J connectivity index is 2.46. The van der Waals surface area contributed by atoms with Gasteiger partial charge in [-0.2, -0.15) is 0 Å². The Morgan fingerprint density at radius 3 is 2.62 bits per heavy atom. The second kappa shape index (κ2) is 5.95. The number of halogens is 2. The lowest BCUT2D eigenvalue weighted by atomic mass is 10.1. The molecule has 21 heavy (non-hydrogen) atoms. The summed E-state index contributed by atoms with van der Waals surface area (Å²) in [6.45, 7) is 5.57. The van der Waals surface area contributed by atoms with Crippen LogP contribution in [0.5, 0.6) is 11.6 Å². The van der Waals surface area contributed by atoms with Gasteiger partial charge in [0.2, 0.25) is 5.88 Å². The predicted molar refractivity (Wildman–Crippen MR) is 84.6 cm³/mol. The average Bonchev–Trinajstić information content (AvgIpc) is 2.42. The predicted octanol–water partition coefficient (Wildman–Crippen LogP) is 3.88. The smallest absolute Gasteiger partial charge is 0.267 e. The number of H-pyrrole nitrogens is 1. The fourth-order valence-electron chi connectivity index (χ4n) is 1.79. The Kier molecular flexibility index (Phi) is 4.44. The minimum Gasteiger partial charge on any atom is -0.434 e. The van der Waals surface area contributed by atoms with E-state index in [9.17, 15) is 4.79 Å². The normalized spacial score (nSPS) is 11.0. The molecule has 0 unspecified atom stereocenters. The number of nitrogen functional groups attached to an aromatic ring is 1. The van der Waals surface area contributed by atoms with Crippen molar-refractivity contribution in [1.82, 2.24) is 10.2 Å². The molecular formula is C14H15Cl2N3O2. The van der Waals surface area contributed by atoms with Crippen LogP contribution >= 0.6 is 23.2 Å². The van der Waals surface area contributed by atoms with Gasteiger partial charge in [-0.05, 0) is 24.5 Å². The lowest BCUT2D eigenvalue weighted by molar-refractivity contribution is 0.452. The van der Waals surface area contributed by atoms with Gasteiger partial charge in [-0.3, -0.25) is 4.79 Å². The number of nitrogens with zero attached hydrogens (tertiary/aromatic N) is 1. The molecule has 2 rings (SSSR count). The number of anilines is 1. The molecule has 112 valence electrons. The van der Waals surface area contributed by atoms with Crippen LogP contribution in [0.1, 0.15) is 30.9 Å². The molecule has 0 aliphatic heterocycles. The van der Waals surface area contributed by atoms with Gasteiger partial charge in [0, 0.05) is 17.3 Å². The van der Waals surface area contributed by atoms with Crippen LogP contribution in [-0.4, -0.2) is 10.2 Å². The fraction of sp³-hybridized carbons (Fsp3) is 0.286. The SMILES string of the molecule is Cc1c(N)cc(Cl)c(Oc2cc(C(C)C)c(=O)[nH]n2)c1Cl. The summed E-state index contributed by atoms with van der Waals surface area (Å²) in [5.41, 5.74) is 7.25. The van der Waals surface area contributed by atoms with Gasteiger partial charge in [-0.15, -0.1) is 5.10 Å². The summed E-state index contributed by atoms with van der Waals surface area (Å²) in [7, 11) is 0. The van der Waals surface area contributed by atoms with Gasteiger partial charge in [0.1, 0.15) is 0 Å². The highest BCUT2D eigenvalue weighted by molar-refractivity contribution is 6.38. The first kappa shape index (κ1) is 15.7. The number of ether oxygens (including phenoxy) is 1. The molecule has 1 heterocycles. The van der Waals surface area contributed by atoms with Gasteiger partial charge >= 0.3 is 0 Å². The Bertz CT molecular complexity index is 742. The van der Waals surface area contributed by atoms with Gasteiger partial charge < -0.3 is 10.5 Å². The van der Waals surface area contributed by atoms with E-state index in [4.69, 9.17) is 33.7 Å². The topological polar surface area (TPSA) is 81.0 Å². The van der Waals surface area contributed by atoms with Crippen molar-refractivity contribution in [2.75, 3.05) is 5.73 Å². The molecule has 0 bridgehead atoms. The molecule has 0 spiro atoms. The zero-order valence-electron chi connectivity index (χ0n) is 11.8. The van der Waals surface area contributed by atoms with Crippen molar-refractivity contribution in [1.29, 1.82) is 0 Å². The second-order valence-electron chi connectivity index (χ2n) is 4.96. The van der Waals surface area contributed by atoms with E-state index in [-0.39, 0.29) is 28.1 Å². The van der Waals surface area contributed by atoms with E-state index in [1.807, 2.05) is 13.8 Å². The largest absolute Gasteiger partial charge is 0.434 e. The summed E-state index contributed by atoms with van der Waals surface area (Å²) in [4.78, 5) is 11.7. The molecule has 1 aromatic heterocycles. The number of benzene rings is 1. The molecule has 0 saturated carbocycles. The number of hydrogen-bond donors (Lipinski definition) is 2. The van der Waals surface area contributed by atoms with Gasteiger partial charge in [-0.25, -0.2) is 5.10 Å². The molecule has 0 radical (unpaired) electrons. The molecule has 0 aliphatic rings. The van der Waals surface area contributed by atoms with E-state index in [1.54, 1.807) is 19.1 Å². The maximum atomic E-state index is 11.7. The van der Waals surface area contributed by atoms with Crippen molar-refractivity contribution >= 4 is 28.9 Å². The van der Waals surface area contributed by atoms with Crippen molar-refractivity contribution in [2.45, 2.75) is 26.7 Å². The second-order valence-corrected chi connectivity index (χ2v) is 5.75. The average molecular weight is 328 g/mol. The molecular weight excluding hydrogens is 313 g/mol. The maximum absolute atomic E-state index is 11.7. The molecule has 3 N–H and O–H groups in total. The Morgan fingerprint density at radius 1 is 1.33 bits per heavy atom. The van der Waals surface area contributed by atoms with Crippen molar-refractivity contribution in [3.63, 3.8) is 0 Å². The van der Waals surface area contributed by atoms with Crippen molar-refractivity contribution in [3.8, 4) is 11.6 Å². The summed E-state index contributed by atoms with van der Waals surface area (Å²) in [5.74, 6) is 0.517. The van der Waals surface area contributed by atoms with Crippen molar-refractivity contribution < 1.29 is 4.74 Å². The maximum Gasteiger partial charge on any atom is 0.267 e. The summed E-state index contributed by atoms with van der Waals surface area (Å²) in [5, 5.41) is 6.83. The van der Waals surface area contributed by atoms with E-state index in [1.165, 1.54) is 0 Å². The molecule has 0 fully saturated rings. The van der Waals surface area contributed by atoms with Crippen LogP contribution in [0.15, 0.2) is 16.9 Å². The molecule has 0 atom stereocenters. The third-order valence-electron chi connectivity index (χ3n) is 3.10. The van der Waals surface area contributed by atoms with Crippen LogP contribution < -0.4 is 16.0 Å². The van der Waals surface area contributed by atoms with Crippen molar-refractivity contribution in [3.05, 3.63) is 43.7 Å². The zero-order chi connectivity index (χ0) is 15.7. The van der Waals surface area contributed by atoms with Crippen LogP contribution in [0.2, 0.25) is 10.0 Å². The van der Waals surface area contributed by atoms with E-state index in [2.05, 4.69) is 10.2 Å². The number of hydrogen-bond acceptors (Lipinski definition) is 4. The first-order valence-electron chi connectivity index (χ1n) is 6.32. The van der Waals surface area contributed by atoms with E-state index >= 15 is 0 Å². The highest BCUT2D eigenvalue weighted by Crippen LogP contribution is 2.40. The third kappa shape index (κ3) is 3.14. The molecule has 5 nitrogen and oxygen atoms in total. The Morgan fingerprint density at radius 2 is 2.00 bits per heavy atom. The monoisotopic (exact) mass is 327 g/mol. The van der Waals surface area contributed by atoms with Gasteiger partial charge in [0.15, 0.2) is 5.75 Å². The van der Waals surface area contributed by atoms with Crippen LogP contribution in [0, 0.1) is 6.92 Å². The Labute approximate surface area is 132 Å². The summed E-state index contributed by atoms with van der Waals surface area (Å²) >= 11 is 12.3. The standard InChI is InChI=1S/C14H15Cl2N3O2/c1-6(2)8-4-11(18-19-14(8)20)21-13-9(15)5-10(17)7(3)12(13)16/h4-6H,17H2,1-3H3,(H,19,20). The molecule has 7 heteroatoms. The minimum absolute atomic E-state index is 0.0400. The first-order chi connectivity index (χ1) is 9.81. The summed E-state index contributed by atoms with van der Waals surface area (Å²) in [6, 6.07) is 3.13. The van der Waals surface area contributed by atoms with Crippen LogP contribution in [0.25, 0.3) is 0 Å². The van der Waals surface area contributed by atoms with Crippen molar-refractivity contribution in [2.24, 2.45) is 0 Å². The van der Waals surface area contributed by atoms with Crippen LogP contribution in [0.4, 0.5) is 5.69 Å². The van der Waals surface area contributed by atoms with Gasteiger partial charge in [0.25, 0.3) is 5.56 Å². The van der Waals surface area contributed by atoms with Gasteiger partial charge in [-0.1, -0.05) is 37.0 Å². The first-order valence-corrected chi connectivity index (χ1v) is 7.08. The van der Waals surface area contributed by atoms with E-state index in [0.717, 1.165) is 0 Å². The highest BCUT2D eigenvalue weighted by atomic mass is 35.5. The zero-order valence-corrected chi connectivity index (χ0v) is 13.3. The lowest BCUT2D eigenvalue weighted by Crippen LogP contribution is -2.15. The molecule has 0 amide bonds. The number of aromatic nitrogens is 2. The number of nitrogens with two attached hydrogens (primary N) is 1. The van der Waals surface area contributed by atoms with E-state index < -0.39 is 0 Å². The van der Waals surface area contributed by atoms with Crippen LogP contribution in [-0.2, 0) is 0 Å². The fourth-order valence-corrected chi connectivity index (χ4v) is 2.34. The third-order valence-corrected chi connectivity index (χ3v) is 3.83. The summed E-state index contributed by atoms with van der Waals surface area (Å²) < 4.78 is 5.62.